The first-order valence-corrected chi connectivity index (χ1v) is 11.2. The van der Waals surface area contributed by atoms with E-state index in [1.165, 1.54) is 12.8 Å². The van der Waals surface area contributed by atoms with E-state index in [4.69, 9.17) is 23.9 Å². The predicted octanol–water partition coefficient (Wildman–Crippen LogP) is 3.27. The number of methoxy groups -OCH3 is 2. The molecular formula is C23H37N3O4. The van der Waals surface area contributed by atoms with Crippen LogP contribution >= 0.6 is 0 Å². The smallest absolute Gasteiger partial charge is 0.191 e. The zero-order valence-corrected chi connectivity index (χ0v) is 18.7. The average molecular weight is 420 g/mol. The Labute approximate surface area is 180 Å². The molecule has 0 amide bonds. The molecule has 30 heavy (non-hydrogen) atoms. The highest BCUT2D eigenvalue weighted by atomic mass is 16.5. The van der Waals surface area contributed by atoms with Gasteiger partial charge in [0.25, 0.3) is 0 Å². The van der Waals surface area contributed by atoms with E-state index >= 15 is 0 Å². The van der Waals surface area contributed by atoms with E-state index in [9.17, 15) is 0 Å². The summed E-state index contributed by atoms with van der Waals surface area (Å²) in [5, 5.41) is 6.79. The van der Waals surface area contributed by atoms with Crippen LogP contribution in [-0.2, 0) is 16.0 Å². The van der Waals surface area contributed by atoms with Gasteiger partial charge in [0, 0.05) is 51.8 Å². The van der Waals surface area contributed by atoms with Gasteiger partial charge in [0.2, 0.25) is 0 Å². The number of nitrogens with one attached hydrogen (secondary N) is 2. The first-order chi connectivity index (χ1) is 14.7. The van der Waals surface area contributed by atoms with Gasteiger partial charge in [-0.2, -0.15) is 0 Å². The highest BCUT2D eigenvalue weighted by Crippen LogP contribution is 2.35. The summed E-state index contributed by atoms with van der Waals surface area (Å²) in [6.45, 7) is 5.53. The molecule has 0 aromatic heterocycles. The summed E-state index contributed by atoms with van der Waals surface area (Å²) in [7, 11) is 3.47. The van der Waals surface area contributed by atoms with Gasteiger partial charge in [0.1, 0.15) is 0 Å². The van der Waals surface area contributed by atoms with Crippen LogP contribution in [0.3, 0.4) is 0 Å². The van der Waals surface area contributed by atoms with Gasteiger partial charge in [-0.15, -0.1) is 0 Å². The average Bonchev–Trinajstić information content (AvgIpc) is 3.30. The fourth-order valence-electron chi connectivity index (χ4n) is 4.10. The van der Waals surface area contributed by atoms with Crippen LogP contribution < -0.4 is 20.1 Å². The van der Waals surface area contributed by atoms with Crippen LogP contribution in [-0.4, -0.2) is 58.2 Å². The number of rotatable bonds is 9. The monoisotopic (exact) mass is 419 g/mol. The summed E-state index contributed by atoms with van der Waals surface area (Å²) in [6, 6.07) is 6.01. The molecular weight excluding hydrogens is 382 g/mol. The van der Waals surface area contributed by atoms with Gasteiger partial charge in [-0.3, -0.25) is 0 Å². The quantitative estimate of drug-likeness (QED) is 0.473. The molecule has 1 saturated carbocycles. The third-order valence-corrected chi connectivity index (χ3v) is 6.03. The molecule has 3 rings (SSSR count). The van der Waals surface area contributed by atoms with Gasteiger partial charge in [0.15, 0.2) is 17.5 Å². The molecule has 7 heteroatoms. The normalized spacial score (nSPS) is 19.5. The molecule has 0 bridgehead atoms. The number of benzene rings is 1. The Morgan fingerprint density at radius 2 is 1.93 bits per heavy atom. The van der Waals surface area contributed by atoms with E-state index < -0.39 is 0 Å². The molecule has 1 heterocycles. The fourth-order valence-corrected chi connectivity index (χ4v) is 4.10. The number of aliphatic imine (C=N–C) groups is 1. The Bertz CT molecular complexity index is 683. The summed E-state index contributed by atoms with van der Waals surface area (Å²) < 4.78 is 23.2. The first-order valence-electron chi connectivity index (χ1n) is 11.2. The van der Waals surface area contributed by atoms with Crippen molar-refractivity contribution >= 4 is 5.96 Å². The molecule has 1 aliphatic carbocycles. The lowest BCUT2D eigenvalue weighted by Crippen LogP contribution is -2.50. The lowest BCUT2D eigenvalue weighted by molar-refractivity contribution is -0.0855. The van der Waals surface area contributed by atoms with Crippen molar-refractivity contribution in [2.24, 2.45) is 4.99 Å². The van der Waals surface area contributed by atoms with E-state index in [0.29, 0.717) is 13.1 Å². The van der Waals surface area contributed by atoms with Gasteiger partial charge >= 0.3 is 0 Å². The molecule has 1 saturated heterocycles. The molecule has 0 radical (unpaired) electrons. The minimum Gasteiger partial charge on any atom is -0.493 e. The maximum Gasteiger partial charge on any atom is 0.191 e. The van der Waals surface area contributed by atoms with Crippen molar-refractivity contribution in [2.75, 3.05) is 40.5 Å². The fraction of sp³-hybridized carbons (Fsp3) is 0.696. The van der Waals surface area contributed by atoms with E-state index in [1.807, 2.05) is 12.1 Å². The van der Waals surface area contributed by atoms with Crippen molar-refractivity contribution in [1.29, 1.82) is 0 Å². The van der Waals surface area contributed by atoms with Crippen LogP contribution in [0.2, 0.25) is 0 Å². The molecule has 7 nitrogen and oxygen atoms in total. The van der Waals surface area contributed by atoms with E-state index in [0.717, 1.165) is 68.5 Å². The maximum absolute atomic E-state index is 6.34. The largest absolute Gasteiger partial charge is 0.493 e. The second-order valence-corrected chi connectivity index (χ2v) is 8.02. The van der Waals surface area contributed by atoms with E-state index in [-0.39, 0.29) is 11.7 Å². The molecule has 1 aromatic rings. The zero-order valence-electron chi connectivity index (χ0n) is 18.7. The number of hydrogen-bond acceptors (Lipinski definition) is 5. The van der Waals surface area contributed by atoms with Gasteiger partial charge in [0.05, 0.1) is 25.4 Å². The molecule has 2 aliphatic rings. The molecule has 0 unspecified atom stereocenters. The summed E-state index contributed by atoms with van der Waals surface area (Å²) in [4.78, 5) is 4.82. The second-order valence-electron chi connectivity index (χ2n) is 8.02. The topological polar surface area (TPSA) is 73.3 Å². The van der Waals surface area contributed by atoms with Crippen LogP contribution in [0.5, 0.6) is 11.5 Å². The Hall–Kier alpha value is -1.99. The number of nitrogens with zero attached hydrogens (tertiary/aromatic N) is 1. The van der Waals surface area contributed by atoms with Crippen molar-refractivity contribution in [1.82, 2.24) is 10.6 Å². The Morgan fingerprint density at radius 1 is 1.17 bits per heavy atom. The number of hydrogen-bond donors (Lipinski definition) is 2. The number of para-hydroxylation sites is 1. The molecule has 1 aromatic carbocycles. The van der Waals surface area contributed by atoms with Crippen LogP contribution in [0.4, 0.5) is 0 Å². The van der Waals surface area contributed by atoms with Gasteiger partial charge in [-0.1, -0.05) is 12.1 Å². The van der Waals surface area contributed by atoms with Crippen molar-refractivity contribution in [3.05, 3.63) is 23.8 Å². The molecule has 1 aliphatic heterocycles. The minimum absolute atomic E-state index is 0.207. The van der Waals surface area contributed by atoms with Crippen molar-refractivity contribution in [2.45, 2.75) is 63.7 Å². The number of ether oxygens (including phenoxy) is 4. The Kier molecular flexibility index (Phi) is 8.63. The molecule has 2 fully saturated rings. The molecule has 0 spiro atoms. The van der Waals surface area contributed by atoms with Crippen LogP contribution in [0, 0.1) is 0 Å². The van der Waals surface area contributed by atoms with Crippen LogP contribution in [0.1, 0.15) is 51.0 Å². The van der Waals surface area contributed by atoms with Crippen molar-refractivity contribution in [3.8, 4) is 11.5 Å². The minimum atomic E-state index is -0.207. The summed E-state index contributed by atoms with van der Waals surface area (Å²) in [6.07, 6.45) is 6.70. The van der Waals surface area contributed by atoms with Crippen LogP contribution in [0.25, 0.3) is 0 Å². The van der Waals surface area contributed by atoms with Crippen LogP contribution in [0.15, 0.2) is 23.2 Å². The third-order valence-electron chi connectivity index (χ3n) is 6.03. The van der Waals surface area contributed by atoms with Gasteiger partial charge in [-0.05, 0) is 38.7 Å². The molecule has 2 N–H and O–H groups in total. The molecule has 0 atom stereocenters. The summed E-state index contributed by atoms with van der Waals surface area (Å²) in [5.41, 5.74) is 0.826. The lowest BCUT2D eigenvalue weighted by atomic mass is 9.94. The lowest BCUT2D eigenvalue weighted by Gasteiger charge is -2.36. The summed E-state index contributed by atoms with van der Waals surface area (Å²) >= 11 is 0. The SMILES string of the molecule is CCNC(=NCc1cccc(OC)c1OC1CCCC1)NCC1(OC)CCOCC1. The highest BCUT2D eigenvalue weighted by molar-refractivity contribution is 5.79. The van der Waals surface area contributed by atoms with E-state index in [2.05, 4.69) is 23.6 Å². The Morgan fingerprint density at radius 3 is 2.60 bits per heavy atom. The molecule has 168 valence electrons. The van der Waals surface area contributed by atoms with Crippen molar-refractivity contribution in [3.63, 3.8) is 0 Å². The van der Waals surface area contributed by atoms with E-state index in [1.54, 1.807) is 14.2 Å². The number of guanidine groups is 1. The highest BCUT2D eigenvalue weighted by Gasteiger charge is 2.32. The Balaban J connectivity index is 1.70. The maximum atomic E-state index is 6.34. The first kappa shape index (κ1) is 22.7. The van der Waals surface area contributed by atoms with Crippen molar-refractivity contribution < 1.29 is 18.9 Å². The zero-order chi connectivity index (χ0) is 21.2. The summed E-state index contributed by atoms with van der Waals surface area (Å²) in [5.74, 6) is 2.37. The second kappa shape index (κ2) is 11.4. The van der Waals surface area contributed by atoms with Gasteiger partial charge in [-0.25, -0.2) is 4.99 Å². The van der Waals surface area contributed by atoms with Gasteiger partial charge < -0.3 is 29.6 Å². The standard InChI is InChI=1S/C23H37N3O4/c1-4-24-22(26-17-23(28-3)12-14-29-15-13-23)25-16-18-8-7-11-20(27-2)21(18)30-19-9-5-6-10-19/h7-8,11,19H,4-6,9-10,12-17H2,1-3H3,(H2,24,25,26). The predicted molar refractivity (Wildman–Crippen MR) is 118 cm³/mol. The third kappa shape index (κ3) is 6.01.